The Hall–Kier alpha value is -2.24. The summed E-state index contributed by atoms with van der Waals surface area (Å²) in [7, 11) is 0. The van der Waals surface area contributed by atoms with Crippen LogP contribution in [0.1, 0.15) is 38.7 Å². The molecule has 146 valence electrons. The Labute approximate surface area is 173 Å². The maximum absolute atomic E-state index is 12.7. The van der Waals surface area contributed by atoms with Gasteiger partial charge < -0.3 is 10.4 Å². The Balaban J connectivity index is 2.18. The smallest absolute Gasteiger partial charge is 0.158 e. The highest BCUT2D eigenvalue weighted by molar-refractivity contribution is 9.10. The molecule has 1 aliphatic rings. The van der Waals surface area contributed by atoms with Crippen LogP contribution in [0.25, 0.3) is 0 Å². The van der Waals surface area contributed by atoms with E-state index < -0.39 is 17.4 Å². The molecule has 0 saturated heterocycles. The number of ketones is 2. The first-order valence-corrected chi connectivity index (χ1v) is 10.0. The Morgan fingerprint density at radius 2 is 1.68 bits per heavy atom. The fourth-order valence-corrected chi connectivity index (χ4v) is 4.48. The van der Waals surface area contributed by atoms with E-state index in [2.05, 4.69) is 21.2 Å². The molecule has 0 bridgehead atoms. The van der Waals surface area contributed by atoms with Crippen molar-refractivity contribution < 1.29 is 14.7 Å². The van der Waals surface area contributed by atoms with Crippen LogP contribution in [0.15, 0.2) is 70.3 Å². The minimum absolute atomic E-state index is 0.102. The van der Waals surface area contributed by atoms with E-state index in [1.807, 2.05) is 54.6 Å². The van der Waals surface area contributed by atoms with Gasteiger partial charge in [0.05, 0.1) is 11.5 Å². The van der Waals surface area contributed by atoms with Crippen molar-refractivity contribution in [3.63, 3.8) is 0 Å². The molecule has 2 aromatic rings. The van der Waals surface area contributed by atoms with Crippen molar-refractivity contribution in [2.45, 2.75) is 38.7 Å². The van der Waals surface area contributed by atoms with Crippen molar-refractivity contribution >= 4 is 33.2 Å². The first-order valence-electron chi connectivity index (χ1n) is 9.25. The Morgan fingerprint density at radius 1 is 1.07 bits per heavy atom. The van der Waals surface area contributed by atoms with Crippen molar-refractivity contribution in [2.75, 3.05) is 5.32 Å². The zero-order valence-electron chi connectivity index (χ0n) is 16.2. The van der Waals surface area contributed by atoms with E-state index in [4.69, 9.17) is 0 Å². The Bertz CT molecular complexity index is 917. The molecule has 0 fully saturated rings. The molecule has 4 nitrogen and oxygen atoms in total. The van der Waals surface area contributed by atoms with Gasteiger partial charge in [0.1, 0.15) is 5.78 Å². The molecule has 0 unspecified atom stereocenters. The monoisotopic (exact) mass is 441 g/mol. The van der Waals surface area contributed by atoms with Crippen molar-refractivity contribution in [3.8, 4) is 0 Å². The number of Topliss-reactive ketones (excluding diaryl/α,β-unsaturated/α-hetero) is 2. The molecule has 1 aliphatic carbocycles. The molecule has 2 N–H and O–H groups in total. The first kappa shape index (κ1) is 20.5. The van der Waals surface area contributed by atoms with Gasteiger partial charge in [0.2, 0.25) is 0 Å². The molecule has 5 heteroatoms. The zero-order valence-corrected chi connectivity index (χ0v) is 17.8. The van der Waals surface area contributed by atoms with Crippen LogP contribution in [0, 0.1) is 5.92 Å². The molecule has 0 amide bonds. The second kappa shape index (κ2) is 8.02. The van der Waals surface area contributed by atoms with E-state index in [1.54, 1.807) is 6.92 Å². The Morgan fingerprint density at radius 3 is 2.21 bits per heavy atom. The van der Waals surface area contributed by atoms with Gasteiger partial charge in [-0.2, -0.15) is 0 Å². The summed E-state index contributed by atoms with van der Waals surface area (Å²) in [6.45, 7) is 4.68. The summed E-state index contributed by atoms with van der Waals surface area (Å²) in [5.74, 6) is -1.42. The van der Waals surface area contributed by atoms with E-state index in [1.165, 1.54) is 13.8 Å². The molecule has 2 aromatic carbocycles. The number of hydrogen-bond donors (Lipinski definition) is 2. The molecule has 28 heavy (non-hydrogen) atoms. The minimum atomic E-state index is -1.27. The third-order valence-electron chi connectivity index (χ3n) is 5.29. The van der Waals surface area contributed by atoms with E-state index in [0.29, 0.717) is 11.3 Å². The van der Waals surface area contributed by atoms with Gasteiger partial charge in [-0.3, -0.25) is 9.59 Å². The van der Waals surface area contributed by atoms with Gasteiger partial charge in [-0.25, -0.2) is 0 Å². The number of hydrogen-bond acceptors (Lipinski definition) is 4. The number of nitrogens with one attached hydrogen (secondary N) is 1. The van der Waals surface area contributed by atoms with Gasteiger partial charge >= 0.3 is 0 Å². The predicted octanol–water partition coefficient (Wildman–Crippen LogP) is 4.85. The molecular formula is C23H24BrNO3. The molecule has 3 atom stereocenters. The summed E-state index contributed by atoms with van der Waals surface area (Å²) in [5.41, 5.74) is 1.61. The van der Waals surface area contributed by atoms with E-state index in [9.17, 15) is 14.7 Å². The molecule has 0 heterocycles. The van der Waals surface area contributed by atoms with Crippen LogP contribution < -0.4 is 5.32 Å². The number of carbonyl (C=O) groups excluding carboxylic acids is 2. The van der Waals surface area contributed by atoms with Crippen molar-refractivity contribution in [1.29, 1.82) is 0 Å². The van der Waals surface area contributed by atoms with Crippen molar-refractivity contribution in [2.24, 2.45) is 5.92 Å². The number of carbonyl (C=O) groups is 2. The van der Waals surface area contributed by atoms with Crippen molar-refractivity contribution in [3.05, 3.63) is 75.9 Å². The second-order valence-corrected chi connectivity index (χ2v) is 8.51. The van der Waals surface area contributed by atoms with Gasteiger partial charge in [0, 0.05) is 33.8 Å². The fourth-order valence-electron chi connectivity index (χ4n) is 4.22. The van der Waals surface area contributed by atoms with Crippen LogP contribution in [0.5, 0.6) is 0 Å². The highest BCUT2D eigenvalue weighted by Gasteiger charge is 2.49. The van der Waals surface area contributed by atoms with Crippen LogP contribution >= 0.6 is 15.9 Å². The van der Waals surface area contributed by atoms with Crippen LogP contribution in [0.2, 0.25) is 0 Å². The van der Waals surface area contributed by atoms with Gasteiger partial charge in [-0.1, -0.05) is 46.3 Å². The standard InChI is InChI=1S/C23H24BrNO3/c1-14(26)20-19(25-18-11-9-17(24)10-12-18)13-23(3,28)22(15(2)27)21(20)16-7-5-4-6-8-16/h4-12,21-22,25,28H,13H2,1-3H3/t21-,22+,23+/m1/s1. The molecule has 0 saturated carbocycles. The molecule has 0 radical (unpaired) electrons. The minimum Gasteiger partial charge on any atom is -0.389 e. The number of halogens is 1. The number of benzene rings is 2. The number of aliphatic hydroxyl groups is 1. The molecule has 0 aliphatic heterocycles. The third-order valence-corrected chi connectivity index (χ3v) is 5.82. The predicted molar refractivity (Wildman–Crippen MR) is 114 cm³/mol. The first-order chi connectivity index (χ1) is 13.2. The molecular weight excluding hydrogens is 418 g/mol. The SMILES string of the molecule is CC(=O)C1=C(Nc2ccc(Br)cc2)C[C@](C)(O)[C@@H](C(C)=O)[C@@H]1c1ccccc1. The highest BCUT2D eigenvalue weighted by Crippen LogP contribution is 2.47. The second-order valence-electron chi connectivity index (χ2n) is 7.59. The highest BCUT2D eigenvalue weighted by atomic mass is 79.9. The molecule has 0 aromatic heterocycles. The lowest BCUT2D eigenvalue weighted by Crippen LogP contribution is -2.48. The summed E-state index contributed by atoms with van der Waals surface area (Å²) < 4.78 is 0.952. The lowest BCUT2D eigenvalue weighted by atomic mass is 9.64. The zero-order chi connectivity index (χ0) is 20.5. The number of rotatable bonds is 5. The molecule has 3 rings (SSSR count). The number of anilines is 1. The van der Waals surface area contributed by atoms with Gasteiger partial charge in [-0.05, 0) is 50.6 Å². The summed E-state index contributed by atoms with van der Waals surface area (Å²) >= 11 is 3.42. The lowest BCUT2D eigenvalue weighted by Gasteiger charge is -2.43. The fraction of sp³-hybridized carbons (Fsp3) is 0.304. The average molecular weight is 442 g/mol. The quantitative estimate of drug-likeness (QED) is 0.695. The summed E-state index contributed by atoms with van der Waals surface area (Å²) in [4.78, 5) is 25.3. The topological polar surface area (TPSA) is 66.4 Å². The van der Waals surface area contributed by atoms with Gasteiger partial charge in [-0.15, -0.1) is 0 Å². The van der Waals surface area contributed by atoms with Crippen molar-refractivity contribution in [1.82, 2.24) is 0 Å². The van der Waals surface area contributed by atoms with Crippen LogP contribution in [-0.4, -0.2) is 22.3 Å². The van der Waals surface area contributed by atoms with E-state index in [-0.39, 0.29) is 18.0 Å². The van der Waals surface area contributed by atoms with Gasteiger partial charge in [0.25, 0.3) is 0 Å². The maximum Gasteiger partial charge on any atom is 0.158 e. The summed E-state index contributed by atoms with van der Waals surface area (Å²) in [5, 5.41) is 14.5. The maximum atomic E-state index is 12.7. The average Bonchev–Trinajstić information content (AvgIpc) is 2.62. The lowest BCUT2D eigenvalue weighted by molar-refractivity contribution is -0.131. The van der Waals surface area contributed by atoms with Gasteiger partial charge in [0.15, 0.2) is 5.78 Å². The Kier molecular flexibility index (Phi) is 5.87. The number of allylic oxidation sites excluding steroid dienone is 1. The van der Waals surface area contributed by atoms with E-state index in [0.717, 1.165) is 15.7 Å². The molecule has 0 spiro atoms. The summed E-state index contributed by atoms with van der Waals surface area (Å²) in [6.07, 6.45) is 0.200. The van der Waals surface area contributed by atoms with Crippen LogP contribution in [0.4, 0.5) is 5.69 Å². The third kappa shape index (κ3) is 4.10. The van der Waals surface area contributed by atoms with Crippen LogP contribution in [0.3, 0.4) is 0 Å². The van der Waals surface area contributed by atoms with E-state index >= 15 is 0 Å². The largest absolute Gasteiger partial charge is 0.389 e. The normalized spacial score (nSPS) is 24.8. The van der Waals surface area contributed by atoms with Crippen LogP contribution in [-0.2, 0) is 9.59 Å². The summed E-state index contributed by atoms with van der Waals surface area (Å²) in [6, 6.07) is 17.1.